The topological polar surface area (TPSA) is 176 Å². The number of ether oxygens (including phenoxy) is 4. The first-order chi connectivity index (χ1) is 22.6. The molecule has 0 aromatic heterocycles. The minimum absolute atomic E-state index is 0.0177. The lowest BCUT2D eigenvalue weighted by atomic mass is 9.83. The lowest BCUT2D eigenvalue weighted by molar-refractivity contribution is -0.155. The van der Waals surface area contributed by atoms with Gasteiger partial charge in [-0.1, -0.05) is 41.5 Å². The fourth-order valence-corrected chi connectivity index (χ4v) is 4.96. The molecule has 4 rings (SSSR count). The molecule has 3 aromatic carbocycles. The van der Waals surface area contributed by atoms with Crippen molar-refractivity contribution in [2.45, 2.75) is 63.8 Å². The molecule has 0 saturated heterocycles. The lowest BCUT2D eigenvalue weighted by Crippen LogP contribution is -2.52. The van der Waals surface area contributed by atoms with E-state index in [2.05, 4.69) is 20.9 Å². The normalized spacial score (nSPS) is 17.1. The number of carbonyl (C=O) groups is 2. The molecule has 0 aliphatic carbocycles. The average Bonchev–Trinajstić information content (AvgIpc) is 3.45. The summed E-state index contributed by atoms with van der Waals surface area (Å²) in [4.78, 5) is 35.1. The second-order valence-corrected chi connectivity index (χ2v) is 11.8. The number of esters is 1. The average molecular weight is 645 g/mol. The lowest BCUT2D eigenvalue weighted by Gasteiger charge is -2.31. The Morgan fingerprint density at radius 3 is 2.43 bits per heavy atom. The van der Waals surface area contributed by atoms with E-state index < -0.39 is 29.1 Å². The molecular weight excluding hydrogens is 604 g/mol. The van der Waals surface area contributed by atoms with Gasteiger partial charge in [0.15, 0.2) is 11.6 Å². The number of hydrogen-bond acceptors (Lipinski definition) is 10. The molecule has 13 nitrogen and oxygen atoms in total. The SMILES string of the molecule is COc1ccc(CNNC(=O)[C@@]2(CCC(=O)OC(C)(C)C)N=C(c3ccc(OCCCO)cc3)O[C@H]2c2ccccc2N=[N+]=[N-])cc1. The van der Waals surface area contributed by atoms with Crippen LogP contribution < -0.4 is 20.3 Å². The number of methoxy groups -OCH3 is 1. The van der Waals surface area contributed by atoms with Crippen LogP contribution in [0, 0.1) is 0 Å². The van der Waals surface area contributed by atoms with Crippen molar-refractivity contribution < 1.29 is 33.6 Å². The Bertz CT molecular complexity index is 1600. The molecule has 2 atom stereocenters. The zero-order valence-corrected chi connectivity index (χ0v) is 26.9. The third kappa shape index (κ3) is 9.23. The number of aliphatic hydroxyl groups excluding tert-OH is 1. The fourth-order valence-electron chi connectivity index (χ4n) is 4.96. The van der Waals surface area contributed by atoms with Gasteiger partial charge in [-0.05, 0) is 74.7 Å². The fraction of sp³-hybridized carbons (Fsp3) is 0.382. The summed E-state index contributed by atoms with van der Waals surface area (Å²) in [5.41, 5.74) is 14.7. The molecule has 248 valence electrons. The Balaban J connectivity index is 1.72. The highest BCUT2D eigenvalue weighted by Crippen LogP contribution is 2.46. The second kappa shape index (κ2) is 15.9. The first-order valence-corrected chi connectivity index (χ1v) is 15.2. The van der Waals surface area contributed by atoms with E-state index in [4.69, 9.17) is 29.0 Å². The summed E-state index contributed by atoms with van der Waals surface area (Å²) in [5.74, 6) is 0.375. The number of carbonyl (C=O) groups excluding carboxylic acids is 2. The predicted molar refractivity (Wildman–Crippen MR) is 175 cm³/mol. The molecule has 1 heterocycles. The standard InChI is InChI=1S/C34H40N6O7/c1-33(2,3)47-29(42)18-19-34(32(43)39-36-22-23-10-14-25(44-4)15-11-23)30(27-8-5-6-9-28(27)38-40-35)46-31(37-34)24-12-16-26(17-13-24)45-21-7-20-41/h5-6,8-17,30,36,41H,7,18-22H2,1-4H3,(H,39,43)/t30-,34-/m0/s1. The van der Waals surface area contributed by atoms with E-state index in [1.54, 1.807) is 76.4 Å². The minimum atomic E-state index is -1.68. The predicted octanol–water partition coefficient (Wildman–Crippen LogP) is 5.60. The van der Waals surface area contributed by atoms with Crippen LogP contribution in [0.25, 0.3) is 10.4 Å². The molecule has 3 aromatic rings. The Morgan fingerprint density at radius 2 is 1.77 bits per heavy atom. The third-order valence-corrected chi connectivity index (χ3v) is 7.19. The summed E-state index contributed by atoms with van der Waals surface area (Å²) in [7, 11) is 1.58. The third-order valence-electron chi connectivity index (χ3n) is 7.19. The van der Waals surface area contributed by atoms with Crippen LogP contribution in [0.2, 0.25) is 0 Å². The van der Waals surface area contributed by atoms with Crippen LogP contribution in [0.4, 0.5) is 5.69 Å². The molecule has 0 bridgehead atoms. The number of benzene rings is 3. The molecule has 0 saturated carbocycles. The number of aliphatic hydroxyl groups is 1. The summed E-state index contributed by atoms with van der Waals surface area (Å²) in [5, 5.41) is 12.9. The van der Waals surface area contributed by atoms with E-state index in [0.717, 1.165) is 5.56 Å². The van der Waals surface area contributed by atoms with Crippen molar-refractivity contribution in [2.24, 2.45) is 10.1 Å². The molecule has 47 heavy (non-hydrogen) atoms. The number of hydrazine groups is 1. The Morgan fingerprint density at radius 1 is 1.06 bits per heavy atom. The highest BCUT2D eigenvalue weighted by molar-refractivity contribution is 6.01. The van der Waals surface area contributed by atoms with Crippen LogP contribution in [-0.2, 0) is 25.6 Å². The maximum absolute atomic E-state index is 14.3. The van der Waals surface area contributed by atoms with Gasteiger partial charge >= 0.3 is 5.97 Å². The number of nitrogens with zero attached hydrogens (tertiary/aromatic N) is 4. The first-order valence-electron chi connectivity index (χ1n) is 15.2. The Labute approximate surface area is 273 Å². The highest BCUT2D eigenvalue weighted by Gasteiger charge is 2.54. The van der Waals surface area contributed by atoms with Gasteiger partial charge in [-0.15, -0.1) is 0 Å². The zero-order valence-electron chi connectivity index (χ0n) is 26.9. The van der Waals surface area contributed by atoms with E-state index in [9.17, 15) is 15.1 Å². The largest absolute Gasteiger partial charge is 0.497 e. The highest BCUT2D eigenvalue weighted by atomic mass is 16.6. The number of nitrogens with one attached hydrogen (secondary N) is 2. The van der Waals surface area contributed by atoms with Crippen LogP contribution in [0.5, 0.6) is 11.5 Å². The van der Waals surface area contributed by atoms with Gasteiger partial charge in [0.25, 0.3) is 5.91 Å². The van der Waals surface area contributed by atoms with E-state index in [0.29, 0.717) is 35.7 Å². The van der Waals surface area contributed by atoms with Gasteiger partial charge in [0.1, 0.15) is 17.1 Å². The van der Waals surface area contributed by atoms with Gasteiger partial charge in [-0.2, -0.15) is 0 Å². The number of hydrogen-bond donors (Lipinski definition) is 3. The van der Waals surface area contributed by atoms with Gasteiger partial charge in [0.05, 0.1) is 13.7 Å². The molecule has 3 N–H and O–H groups in total. The first kappa shape index (κ1) is 34.8. The van der Waals surface area contributed by atoms with Crippen LogP contribution in [-0.4, -0.2) is 54.3 Å². The number of aliphatic imine (C=N–C) groups is 1. The van der Waals surface area contributed by atoms with E-state index in [1.165, 1.54) is 0 Å². The number of amides is 1. The molecule has 0 fully saturated rings. The summed E-state index contributed by atoms with van der Waals surface area (Å²) in [6.07, 6.45) is -0.823. The van der Waals surface area contributed by atoms with Crippen molar-refractivity contribution in [1.29, 1.82) is 0 Å². The number of azide groups is 1. The Kier molecular flexibility index (Phi) is 11.8. The molecular formula is C34H40N6O7. The maximum atomic E-state index is 14.3. The van der Waals surface area contributed by atoms with Crippen molar-refractivity contribution in [3.8, 4) is 11.5 Å². The van der Waals surface area contributed by atoms with Crippen molar-refractivity contribution in [2.75, 3.05) is 20.3 Å². The summed E-state index contributed by atoms with van der Waals surface area (Å²) in [6, 6.07) is 21.1. The molecule has 1 aliphatic rings. The summed E-state index contributed by atoms with van der Waals surface area (Å²) in [6.45, 7) is 5.95. The smallest absolute Gasteiger partial charge is 0.306 e. The number of rotatable bonds is 15. The molecule has 0 unspecified atom stereocenters. The molecule has 0 radical (unpaired) electrons. The van der Waals surface area contributed by atoms with Crippen LogP contribution in [0.1, 0.15) is 62.8 Å². The molecule has 1 amide bonds. The summed E-state index contributed by atoms with van der Waals surface area (Å²) < 4.78 is 22.9. The van der Waals surface area contributed by atoms with Gasteiger partial charge in [-0.3, -0.25) is 15.0 Å². The van der Waals surface area contributed by atoms with E-state index in [1.807, 2.05) is 24.3 Å². The van der Waals surface area contributed by atoms with Gasteiger partial charge in [0.2, 0.25) is 5.90 Å². The van der Waals surface area contributed by atoms with Crippen molar-refractivity contribution in [3.63, 3.8) is 0 Å². The molecule has 13 heteroatoms. The zero-order chi connectivity index (χ0) is 33.9. The summed E-state index contributed by atoms with van der Waals surface area (Å²) >= 11 is 0. The minimum Gasteiger partial charge on any atom is -0.497 e. The molecule has 0 spiro atoms. The van der Waals surface area contributed by atoms with E-state index in [-0.39, 0.29) is 37.6 Å². The second-order valence-electron chi connectivity index (χ2n) is 11.8. The van der Waals surface area contributed by atoms with Gasteiger partial charge in [0, 0.05) is 47.7 Å². The van der Waals surface area contributed by atoms with Crippen LogP contribution in [0.3, 0.4) is 0 Å². The Hall–Kier alpha value is -5.10. The van der Waals surface area contributed by atoms with Gasteiger partial charge in [-0.25, -0.2) is 10.4 Å². The van der Waals surface area contributed by atoms with E-state index >= 15 is 0 Å². The quantitative estimate of drug-likeness (QED) is 0.0478. The monoisotopic (exact) mass is 644 g/mol. The van der Waals surface area contributed by atoms with Crippen molar-refractivity contribution in [1.82, 2.24) is 10.9 Å². The molecule has 1 aliphatic heterocycles. The maximum Gasteiger partial charge on any atom is 0.306 e. The van der Waals surface area contributed by atoms with Crippen molar-refractivity contribution >= 4 is 23.5 Å². The van der Waals surface area contributed by atoms with Crippen LogP contribution >= 0.6 is 0 Å². The van der Waals surface area contributed by atoms with Crippen molar-refractivity contribution in [3.05, 3.63) is 99.9 Å². The van der Waals surface area contributed by atoms with Gasteiger partial charge < -0.3 is 24.1 Å². The van der Waals surface area contributed by atoms with Crippen LogP contribution in [0.15, 0.2) is 82.9 Å².